The van der Waals surface area contributed by atoms with Gasteiger partial charge in [-0.3, -0.25) is 14.9 Å². The van der Waals surface area contributed by atoms with E-state index in [4.69, 9.17) is 0 Å². The molecule has 1 aliphatic heterocycles. The summed E-state index contributed by atoms with van der Waals surface area (Å²) in [5.74, 6) is -0.352. The fourth-order valence-corrected chi connectivity index (χ4v) is 2.33. The van der Waals surface area contributed by atoms with E-state index in [0.29, 0.717) is 6.42 Å². The van der Waals surface area contributed by atoms with Gasteiger partial charge in [-0.1, -0.05) is 30.3 Å². The Balaban J connectivity index is 2.09. The van der Waals surface area contributed by atoms with Crippen LogP contribution in [0, 0.1) is 5.92 Å². The average Bonchev–Trinajstić information content (AvgIpc) is 2.90. The van der Waals surface area contributed by atoms with Gasteiger partial charge >= 0.3 is 0 Å². The third-order valence-electron chi connectivity index (χ3n) is 3.21. The number of amides is 2. The minimum atomic E-state index is -0.516. The Labute approximate surface area is 81.1 Å². The zero-order valence-corrected chi connectivity index (χ0v) is 7.49. The first-order chi connectivity index (χ1) is 6.75. The first kappa shape index (κ1) is 7.74. The molecule has 1 saturated heterocycles. The van der Waals surface area contributed by atoms with Crippen molar-refractivity contribution in [3.63, 3.8) is 0 Å². The topological polar surface area (TPSA) is 46.2 Å². The van der Waals surface area contributed by atoms with Crippen LogP contribution in [0.4, 0.5) is 0 Å². The third kappa shape index (κ3) is 0.726. The highest BCUT2D eigenvalue weighted by atomic mass is 16.2. The lowest BCUT2D eigenvalue weighted by Gasteiger charge is -2.08. The van der Waals surface area contributed by atoms with Crippen molar-refractivity contribution in [1.29, 1.82) is 0 Å². The minimum absolute atomic E-state index is 0.112. The molecule has 70 valence electrons. The highest BCUT2D eigenvalue weighted by Crippen LogP contribution is 2.57. The summed E-state index contributed by atoms with van der Waals surface area (Å²) in [6.45, 7) is 0. The summed E-state index contributed by atoms with van der Waals surface area (Å²) < 4.78 is 0. The molecule has 2 atom stereocenters. The zero-order chi connectivity index (χ0) is 9.76. The number of carbonyl (C=O) groups is 2. The fourth-order valence-electron chi connectivity index (χ4n) is 2.33. The Morgan fingerprint density at radius 3 is 2.43 bits per heavy atom. The summed E-state index contributed by atoms with van der Waals surface area (Å²) in [5.41, 5.74) is 0.451. The van der Waals surface area contributed by atoms with Crippen LogP contribution in [-0.4, -0.2) is 11.8 Å². The number of benzene rings is 1. The number of hydrogen-bond acceptors (Lipinski definition) is 2. The van der Waals surface area contributed by atoms with Gasteiger partial charge in [-0.05, 0) is 12.0 Å². The maximum absolute atomic E-state index is 11.6. The van der Waals surface area contributed by atoms with Crippen LogP contribution in [0.2, 0.25) is 0 Å². The third-order valence-corrected chi connectivity index (χ3v) is 3.21. The molecule has 2 unspecified atom stereocenters. The van der Waals surface area contributed by atoms with E-state index in [-0.39, 0.29) is 17.7 Å². The number of piperidine rings is 1. The van der Waals surface area contributed by atoms with Gasteiger partial charge in [-0.15, -0.1) is 0 Å². The predicted octanol–water partition coefficient (Wildman–Crippen LogP) is 0.601. The van der Waals surface area contributed by atoms with Crippen LogP contribution in [0.25, 0.3) is 0 Å². The lowest BCUT2D eigenvalue weighted by atomic mass is 9.94. The molecular weight excluding hydrogens is 178 g/mol. The molecule has 3 heteroatoms. The van der Waals surface area contributed by atoms with Crippen LogP contribution in [0.3, 0.4) is 0 Å². The highest BCUT2D eigenvalue weighted by molar-refractivity contribution is 6.15. The number of rotatable bonds is 1. The van der Waals surface area contributed by atoms with E-state index in [0.717, 1.165) is 5.56 Å². The number of imide groups is 1. The van der Waals surface area contributed by atoms with Gasteiger partial charge in [0, 0.05) is 0 Å². The number of carbonyl (C=O) groups excluding carboxylic acids is 2. The van der Waals surface area contributed by atoms with Crippen molar-refractivity contribution in [3.05, 3.63) is 35.9 Å². The zero-order valence-electron chi connectivity index (χ0n) is 7.49. The van der Waals surface area contributed by atoms with Crippen LogP contribution in [0.1, 0.15) is 12.0 Å². The van der Waals surface area contributed by atoms with Crippen LogP contribution in [0.5, 0.6) is 0 Å². The summed E-state index contributed by atoms with van der Waals surface area (Å²) in [5, 5.41) is 2.38. The van der Waals surface area contributed by atoms with Crippen molar-refractivity contribution in [2.45, 2.75) is 11.8 Å². The van der Waals surface area contributed by atoms with Crippen molar-refractivity contribution in [2.75, 3.05) is 0 Å². The van der Waals surface area contributed by atoms with Gasteiger partial charge < -0.3 is 0 Å². The van der Waals surface area contributed by atoms with E-state index in [9.17, 15) is 9.59 Å². The average molecular weight is 187 g/mol. The molecule has 14 heavy (non-hydrogen) atoms. The standard InChI is InChI=1S/C11H9NO2/c13-9-8-6-11(8,10(14)12-9)7-4-2-1-3-5-7/h1-5,8H,6H2,(H,12,13,14). The lowest BCUT2D eigenvalue weighted by Crippen LogP contribution is -2.30. The summed E-state index contributed by atoms with van der Waals surface area (Å²) in [6, 6.07) is 9.54. The summed E-state index contributed by atoms with van der Waals surface area (Å²) in [4.78, 5) is 22.9. The van der Waals surface area contributed by atoms with Crippen molar-refractivity contribution >= 4 is 11.8 Å². The van der Waals surface area contributed by atoms with Gasteiger partial charge in [0.2, 0.25) is 11.8 Å². The van der Waals surface area contributed by atoms with Crippen LogP contribution < -0.4 is 5.32 Å². The van der Waals surface area contributed by atoms with Crippen molar-refractivity contribution in [3.8, 4) is 0 Å². The van der Waals surface area contributed by atoms with Gasteiger partial charge in [-0.2, -0.15) is 0 Å². The minimum Gasteiger partial charge on any atom is -0.295 e. The van der Waals surface area contributed by atoms with E-state index in [1.807, 2.05) is 30.3 Å². The molecule has 0 bridgehead atoms. The first-order valence-electron chi connectivity index (χ1n) is 4.66. The van der Waals surface area contributed by atoms with Gasteiger partial charge in [0.1, 0.15) is 0 Å². The fraction of sp³-hybridized carbons (Fsp3) is 0.273. The second kappa shape index (κ2) is 2.23. The van der Waals surface area contributed by atoms with E-state index >= 15 is 0 Å². The molecule has 1 N–H and O–H groups in total. The van der Waals surface area contributed by atoms with Crippen molar-refractivity contribution < 1.29 is 9.59 Å². The molecule has 1 heterocycles. The number of nitrogens with one attached hydrogen (secondary N) is 1. The molecule has 2 aliphatic rings. The van der Waals surface area contributed by atoms with Crippen LogP contribution in [-0.2, 0) is 15.0 Å². The summed E-state index contributed by atoms with van der Waals surface area (Å²) in [7, 11) is 0. The van der Waals surface area contributed by atoms with Crippen LogP contribution in [0.15, 0.2) is 30.3 Å². The molecule has 0 spiro atoms. The van der Waals surface area contributed by atoms with Crippen molar-refractivity contribution in [2.24, 2.45) is 5.92 Å². The molecule has 0 radical (unpaired) electrons. The maximum Gasteiger partial charge on any atom is 0.238 e. The van der Waals surface area contributed by atoms with Crippen molar-refractivity contribution in [1.82, 2.24) is 5.32 Å². The first-order valence-corrected chi connectivity index (χ1v) is 4.66. The second-order valence-corrected chi connectivity index (χ2v) is 3.91. The Morgan fingerprint density at radius 2 is 1.93 bits per heavy atom. The summed E-state index contributed by atoms with van der Waals surface area (Å²) >= 11 is 0. The summed E-state index contributed by atoms with van der Waals surface area (Å²) in [6.07, 6.45) is 0.682. The molecule has 3 nitrogen and oxygen atoms in total. The van der Waals surface area contributed by atoms with E-state index in [2.05, 4.69) is 5.32 Å². The molecule has 1 aliphatic carbocycles. The molecule has 2 fully saturated rings. The Kier molecular flexibility index (Phi) is 1.23. The van der Waals surface area contributed by atoms with E-state index in [1.165, 1.54) is 0 Å². The molecule has 1 aromatic rings. The van der Waals surface area contributed by atoms with E-state index < -0.39 is 5.41 Å². The van der Waals surface area contributed by atoms with Gasteiger partial charge in [-0.25, -0.2) is 0 Å². The molecule has 0 aromatic heterocycles. The van der Waals surface area contributed by atoms with Gasteiger partial charge in [0.25, 0.3) is 0 Å². The molecule has 2 amide bonds. The van der Waals surface area contributed by atoms with Crippen LogP contribution >= 0.6 is 0 Å². The lowest BCUT2D eigenvalue weighted by molar-refractivity contribution is -0.127. The Bertz CT molecular complexity index is 426. The monoisotopic (exact) mass is 187 g/mol. The second-order valence-electron chi connectivity index (χ2n) is 3.91. The molecule has 1 aromatic carbocycles. The molecule has 1 saturated carbocycles. The quantitative estimate of drug-likeness (QED) is 0.654. The maximum atomic E-state index is 11.6. The molecule has 3 rings (SSSR count). The van der Waals surface area contributed by atoms with Gasteiger partial charge in [0.15, 0.2) is 0 Å². The number of hydrogen-bond donors (Lipinski definition) is 1. The largest absolute Gasteiger partial charge is 0.295 e. The Morgan fingerprint density at radius 1 is 1.21 bits per heavy atom. The van der Waals surface area contributed by atoms with Gasteiger partial charge in [0.05, 0.1) is 11.3 Å². The predicted molar refractivity (Wildman–Crippen MR) is 49.4 cm³/mol. The number of fused-ring (bicyclic) bond motifs is 1. The smallest absolute Gasteiger partial charge is 0.238 e. The Hall–Kier alpha value is -1.64. The molecular formula is C11H9NO2. The van der Waals surface area contributed by atoms with E-state index in [1.54, 1.807) is 0 Å². The normalized spacial score (nSPS) is 33.9. The highest BCUT2D eigenvalue weighted by Gasteiger charge is 2.69. The SMILES string of the molecule is O=C1NC(=O)C2(c3ccccc3)CC12.